The Kier molecular flexibility index (Phi) is 3.58. The maximum absolute atomic E-state index is 4.85. The van der Waals surface area contributed by atoms with E-state index in [4.69, 9.17) is 4.98 Å². The lowest BCUT2D eigenvalue weighted by Crippen LogP contribution is -2.46. The zero-order valence-electron chi connectivity index (χ0n) is 13.3. The molecular weight excluding hydrogens is 284 g/mol. The molecule has 0 saturated carbocycles. The van der Waals surface area contributed by atoms with Gasteiger partial charge in [0, 0.05) is 37.8 Å². The summed E-state index contributed by atoms with van der Waals surface area (Å²) in [5.74, 6) is 1.08. The van der Waals surface area contributed by atoms with Gasteiger partial charge in [0.25, 0.3) is 0 Å². The van der Waals surface area contributed by atoms with E-state index in [9.17, 15) is 0 Å². The second-order valence-corrected chi connectivity index (χ2v) is 6.05. The molecule has 1 fully saturated rings. The number of rotatable bonds is 2. The van der Waals surface area contributed by atoms with Gasteiger partial charge in [-0.2, -0.15) is 0 Å². The number of pyridine rings is 2. The number of fused-ring (bicyclic) bond motifs is 1. The Labute approximate surface area is 136 Å². The second kappa shape index (κ2) is 5.88. The van der Waals surface area contributed by atoms with Crippen LogP contribution in [0.1, 0.15) is 5.56 Å². The summed E-state index contributed by atoms with van der Waals surface area (Å²) >= 11 is 0. The molecule has 23 heavy (non-hydrogen) atoms. The molecule has 3 aromatic rings. The molecular formula is C19H20N4. The summed E-state index contributed by atoms with van der Waals surface area (Å²) in [5.41, 5.74) is 3.54. The number of piperazine rings is 1. The predicted molar refractivity (Wildman–Crippen MR) is 95.1 cm³/mol. The summed E-state index contributed by atoms with van der Waals surface area (Å²) < 4.78 is 0. The molecule has 4 rings (SSSR count). The fourth-order valence-corrected chi connectivity index (χ4v) is 3.13. The highest BCUT2D eigenvalue weighted by atomic mass is 15.3. The third-order valence-electron chi connectivity index (χ3n) is 4.45. The molecule has 1 saturated heterocycles. The maximum atomic E-state index is 4.85. The fourth-order valence-electron chi connectivity index (χ4n) is 3.13. The van der Waals surface area contributed by atoms with E-state index in [0.29, 0.717) is 0 Å². The van der Waals surface area contributed by atoms with Crippen molar-refractivity contribution in [2.24, 2.45) is 0 Å². The van der Waals surface area contributed by atoms with Gasteiger partial charge >= 0.3 is 0 Å². The van der Waals surface area contributed by atoms with Crippen LogP contribution in [0.2, 0.25) is 0 Å². The van der Waals surface area contributed by atoms with Crippen molar-refractivity contribution in [2.75, 3.05) is 36.0 Å². The average molecular weight is 304 g/mol. The summed E-state index contributed by atoms with van der Waals surface area (Å²) in [6.45, 7) is 6.08. The third kappa shape index (κ3) is 2.84. The number of hydrogen-bond acceptors (Lipinski definition) is 4. The van der Waals surface area contributed by atoms with Crippen molar-refractivity contribution in [2.45, 2.75) is 6.92 Å². The molecule has 4 nitrogen and oxygen atoms in total. The van der Waals surface area contributed by atoms with E-state index in [-0.39, 0.29) is 0 Å². The van der Waals surface area contributed by atoms with E-state index in [1.54, 1.807) is 0 Å². The van der Waals surface area contributed by atoms with Gasteiger partial charge in [-0.15, -0.1) is 0 Å². The first-order chi connectivity index (χ1) is 11.3. The Morgan fingerprint density at radius 2 is 1.70 bits per heavy atom. The van der Waals surface area contributed by atoms with E-state index in [2.05, 4.69) is 58.1 Å². The first-order valence-corrected chi connectivity index (χ1v) is 8.07. The van der Waals surface area contributed by atoms with Gasteiger partial charge < -0.3 is 9.80 Å². The van der Waals surface area contributed by atoms with Crippen LogP contribution in [0.15, 0.2) is 54.9 Å². The lowest BCUT2D eigenvalue weighted by atomic mass is 10.1. The van der Waals surface area contributed by atoms with Crippen LogP contribution in [-0.4, -0.2) is 36.1 Å². The molecule has 0 amide bonds. The van der Waals surface area contributed by atoms with E-state index >= 15 is 0 Å². The van der Waals surface area contributed by atoms with Gasteiger partial charge in [-0.3, -0.25) is 4.98 Å². The quantitative estimate of drug-likeness (QED) is 0.727. The highest BCUT2D eigenvalue weighted by molar-refractivity contribution is 5.81. The number of aryl methyl sites for hydroxylation is 1. The zero-order chi connectivity index (χ0) is 15.6. The predicted octanol–water partition coefficient (Wildman–Crippen LogP) is 3.26. The average Bonchev–Trinajstić information content (AvgIpc) is 2.62. The minimum atomic E-state index is 0.985. The van der Waals surface area contributed by atoms with E-state index in [1.807, 2.05) is 18.5 Å². The van der Waals surface area contributed by atoms with Crippen LogP contribution in [0.5, 0.6) is 0 Å². The van der Waals surface area contributed by atoms with Crippen LogP contribution >= 0.6 is 0 Å². The summed E-state index contributed by atoms with van der Waals surface area (Å²) in [6, 6.07) is 14.9. The number of anilines is 2. The standard InChI is InChI=1S/C19H20N4/c1-15-4-5-16-6-7-19(21-18(16)13-15)23-11-9-22(10-12-23)17-3-2-8-20-14-17/h2-8,13-14H,9-12H2,1H3. The summed E-state index contributed by atoms with van der Waals surface area (Å²) in [6.07, 6.45) is 3.76. The van der Waals surface area contributed by atoms with Crippen molar-refractivity contribution in [3.63, 3.8) is 0 Å². The number of aromatic nitrogens is 2. The third-order valence-corrected chi connectivity index (χ3v) is 4.45. The molecule has 0 bridgehead atoms. The Balaban J connectivity index is 1.52. The van der Waals surface area contributed by atoms with Crippen molar-refractivity contribution in [1.29, 1.82) is 0 Å². The summed E-state index contributed by atoms with van der Waals surface area (Å²) in [7, 11) is 0. The van der Waals surface area contributed by atoms with Gasteiger partial charge in [0.05, 0.1) is 17.4 Å². The second-order valence-electron chi connectivity index (χ2n) is 6.05. The monoisotopic (exact) mass is 304 g/mol. The number of benzene rings is 1. The molecule has 2 aromatic heterocycles. The van der Waals surface area contributed by atoms with Crippen LogP contribution in [-0.2, 0) is 0 Å². The fraction of sp³-hybridized carbons (Fsp3) is 0.263. The molecule has 0 N–H and O–H groups in total. The molecule has 0 radical (unpaired) electrons. The number of nitrogens with zero attached hydrogens (tertiary/aromatic N) is 4. The Bertz CT molecular complexity index is 808. The summed E-state index contributed by atoms with van der Waals surface area (Å²) in [4.78, 5) is 13.8. The Hall–Kier alpha value is -2.62. The highest BCUT2D eigenvalue weighted by Crippen LogP contribution is 2.22. The minimum Gasteiger partial charge on any atom is -0.367 e. The molecule has 1 aromatic carbocycles. The lowest BCUT2D eigenvalue weighted by molar-refractivity contribution is 0.647. The Morgan fingerprint density at radius 3 is 2.48 bits per heavy atom. The van der Waals surface area contributed by atoms with Crippen molar-refractivity contribution in [3.8, 4) is 0 Å². The van der Waals surface area contributed by atoms with Gasteiger partial charge in [-0.1, -0.05) is 12.1 Å². The maximum Gasteiger partial charge on any atom is 0.129 e. The first-order valence-electron chi connectivity index (χ1n) is 8.07. The van der Waals surface area contributed by atoms with Crippen LogP contribution in [0, 0.1) is 6.92 Å². The minimum absolute atomic E-state index is 0.985. The van der Waals surface area contributed by atoms with Crippen molar-refractivity contribution in [1.82, 2.24) is 9.97 Å². The van der Waals surface area contributed by atoms with Crippen molar-refractivity contribution < 1.29 is 0 Å². The van der Waals surface area contributed by atoms with Crippen molar-refractivity contribution >= 4 is 22.4 Å². The smallest absolute Gasteiger partial charge is 0.129 e. The summed E-state index contributed by atoms with van der Waals surface area (Å²) in [5, 5.41) is 1.20. The largest absolute Gasteiger partial charge is 0.367 e. The van der Waals surface area contributed by atoms with Crippen LogP contribution in [0.25, 0.3) is 10.9 Å². The van der Waals surface area contributed by atoms with Gasteiger partial charge in [-0.25, -0.2) is 4.98 Å². The van der Waals surface area contributed by atoms with E-state index < -0.39 is 0 Å². The van der Waals surface area contributed by atoms with Gasteiger partial charge in [-0.05, 0) is 42.8 Å². The van der Waals surface area contributed by atoms with Gasteiger partial charge in [0.15, 0.2) is 0 Å². The molecule has 116 valence electrons. The first kappa shape index (κ1) is 14.0. The molecule has 0 aliphatic carbocycles. The molecule has 1 aliphatic heterocycles. The molecule has 0 spiro atoms. The molecule has 1 aliphatic rings. The van der Waals surface area contributed by atoms with E-state index in [0.717, 1.165) is 37.5 Å². The van der Waals surface area contributed by atoms with Crippen molar-refractivity contribution in [3.05, 3.63) is 60.4 Å². The molecule has 4 heteroatoms. The topological polar surface area (TPSA) is 32.3 Å². The zero-order valence-corrected chi connectivity index (χ0v) is 13.3. The normalized spacial score (nSPS) is 15.2. The molecule has 0 atom stereocenters. The van der Waals surface area contributed by atoms with Crippen LogP contribution in [0.4, 0.5) is 11.5 Å². The lowest BCUT2D eigenvalue weighted by Gasteiger charge is -2.36. The van der Waals surface area contributed by atoms with Gasteiger partial charge in [0.1, 0.15) is 5.82 Å². The van der Waals surface area contributed by atoms with E-state index in [1.165, 1.54) is 16.6 Å². The SMILES string of the molecule is Cc1ccc2ccc(N3CCN(c4cccnc4)CC3)nc2c1. The molecule has 3 heterocycles. The van der Waals surface area contributed by atoms with Crippen LogP contribution < -0.4 is 9.80 Å². The van der Waals surface area contributed by atoms with Gasteiger partial charge in [0.2, 0.25) is 0 Å². The molecule has 0 unspecified atom stereocenters. The number of hydrogen-bond donors (Lipinski definition) is 0. The Morgan fingerprint density at radius 1 is 0.913 bits per heavy atom. The highest BCUT2D eigenvalue weighted by Gasteiger charge is 2.18. The van der Waals surface area contributed by atoms with Crippen LogP contribution in [0.3, 0.4) is 0 Å².